The van der Waals surface area contributed by atoms with Crippen LogP contribution in [0.15, 0.2) is 24.3 Å². The van der Waals surface area contributed by atoms with Crippen LogP contribution in [0.4, 0.5) is 5.69 Å². The minimum Gasteiger partial charge on any atom is -0.480 e. The third kappa shape index (κ3) is 3.95. The molecule has 4 N–H and O–H groups in total. The van der Waals surface area contributed by atoms with Gasteiger partial charge < -0.3 is 20.9 Å². The molecule has 0 unspecified atom stereocenters. The summed E-state index contributed by atoms with van der Waals surface area (Å²) in [5.41, 5.74) is 6.09. The number of carboxylic acids is 1. The number of rotatable bonds is 5. The van der Waals surface area contributed by atoms with E-state index in [1.54, 1.807) is 12.1 Å². The first-order chi connectivity index (χ1) is 10.0. The van der Waals surface area contributed by atoms with E-state index in [4.69, 9.17) is 10.5 Å². The highest BCUT2D eigenvalue weighted by Gasteiger charge is 2.41. The smallest absolute Gasteiger partial charge is 0.329 e. The van der Waals surface area contributed by atoms with Gasteiger partial charge in [-0.3, -0.25) is 4.79 Å². The van der Waals surface area contributed by atoms with Crippen LogP contribution in [-0.2, 0) is 20.7 Å². The molecule has 2 rings (SSSR count). The number of nitrogen functional groups attached to an aromatic ring is 1. The maximum atomic E-state index is 12.0. The van der Waals surface area contributed by atoms with Crippen molar-refractivity contribution in [3.05, 3.63) is 29.8 Å². The van der Waals surface area contributed by atoms with E-state index in [1.165, 1.54) is 0 Å². The maximum absolute atomic E-state index is 12.0. The van der Waals surface area contributed by atoms with Gasteiger partial charge in [-0.2, -0.15) is 0 Å². The fourth-order valence-corrected chi connectivity index (χ4v) is 2.38. The molecule has 0 radical (unpaired) electrons. The molecular weight excluding hydrogens is 272 g/mol. The molecule has 0 aliphatic carbocycles. The zero-order valence-corrected chi connectivity index (χ0v) is 11.8. The highest BCUT2D eigenvalue weighted by Crippen LogP contribution is 2.21. The van der Waals surface area contributed by atoms with E-state index < -0.39 is 11.5 Å². The number of nitrogens with one attached hydrogen (secondary N) is 1. The summed E-state index contributed by atoms with van der Waals surface area (Å²) in [6, 6.07) is 7.29. The zero-order chi connectivity index (χ0) is 15.3. The van der Waals surface area contributed by atoms with Crippen molar-refractivity contribution in [3.8, 4) is 0 Å². The van der Waals surface area contributed by atoms with Gasteiger partial charge in [-0.05, 0) is 24.1 Å². The number of hydrogen-bond donors (Lipinski definition) is 3. The summed E-state index contributed by atoms with van der Waals surface area (Å²) in [4.78, 5) is 23.5. The van der Waals surface area contributed by atoms with E-state index in [2.05, 4.69) is 5.32 Å². The summed E-state index contributed by atoms with van der Waals surface area (Å²) in [6.45, 7) is 0.703. The summed E-state index contributed by atoms with van der Waals surface area (Å²) < 4.78 is 5.17. The molecule has 1 aromatic carbocycles. The third-order valence-corrected chi connectivity index (χ3v) is 3.75. The standard InChI is InChI=1S/C15H20N2O4/c16-12-4-1-11(2-5-12)3-6-13(18)17-15(14(19)20)7-9-21-10-8-15/h1-2,4-5H,3,6-10,16H2,(H,17,18)(H,19,20). The molecule has 0 bridgehead atoms. The lowest BCUT2D eigenvalue weighted by Crippen LogP contribution is -2.57. The predicted molar refractivity (Wildman–Crippen MR) is 77.7 cm³/mol. The topological polar surface area (TPSA) is 102 Å². The molecule has 6 nitrogen and oxygen atoms in total. The second-order valence-corrected chi connectivity index (χ2v) is 5.29. The van der Waals surface area contributed by atoms with Gasteiger partial charge in [0.25, 0.3) is 0 Å². The molecule has 1 aliphatic heterocycles. The average molecular weight is 292 g/mol. The normalized spacial score (nSPS) is 17.1. The van der Waals surface area contributed by atoms with E-state index in [0.717, 1.165) is 5.56 Å². The average Bonchev–Trinajstić information content (AvgIpc) is 2.47. The van der Waals surface area contributed by atoms with Gasteiger partial charge in [0, 0.05) is 38.2 Å². The minimum atomic E-state index is -1.18. The van der Waals surface area contributed by atoms with Gasteiger partial charge in [0.1, 0.15) is 5.54 Å². The van der Waals surface area contributed by atoms with Crippen molar-refractivity contribution in [2.45, 2.75) is 31.2 Å². The van der Waals surface area contributed by atoms with Crippen molar-refractivity contribution in [1.29, 1.82) is 0 Å². The van der Waals surface area contributed by atoms with Crippen molar-refractivity contribution in [3.63, 3.8) is 0 Å². The van der Waals surface area contributed by atoms with Crippen molar-refractivity contribution in [2.75, 3.05) is 18.9 Å². The van der Waals surface area contributed by atoms with Gasteiger partial charge in [0.05, 0.1) is 0 Å². The fourth-order valence-electron chi connectivity index (χ4n) is 2.38. The Balaban J connectivity index is 1.90. The summed E-state index contributed by atoms with van der Waals surface area (Å²) in [5, 5.41) is 12.0. The van der Waals surface area contributed by atoms with Crippen molar-refractivity contribution >= 4 is 17.6 Å². The number of aryl methyl sites for hydroxylation is 1. The van der Waals surface area contributed by atoms with Crippen molar-refractivity contribution < 1.29 is 19.4 Å². The molecule has 1 aliphatic rings. The Morgan fingerprint density at radius 2 is 1.86 bits per heavy atom. The number of carbonyl (C=O) groups excluding carboxylic acids is 1. The quantitative estimate of drug-likeness (QED) is 0.701. The molecule has 6 heteroatoms. The third-order valence-electron chi connectivity index (χ3n) is 3.75. The molecule has 0 spiro atoms. The molecular formula is C15H20N2O4. The van der Waals surface area contributed by atoms with Crippen LogP contribution in [-0.4, -0.2) is 35.7 Å². The molecule has 1 saturated heterocycles. The van der Waals surface area contributed by atoms with Crippen LogP contribution < -0.4 is 11.1 Å². The summed E-state index contributed by atoms with van der Waals surface area (Å²) in [7, 11) is 0. The Labute approximate surface area is 123 Å². The number of anilines is 1. The summed E-state index contributed by atoms with van der Waals surface area (Å²) in [6.07, 6.45) is 1.41. The van der Waals surface area contributed by atoms with Crippen LogP contribution in [0, 0.1) is 0 Å². The Hall–Kier alpha value is -2.08. The molecule has 1 aromatic rings. The van der Waals surface area contributed by atoms with Crippen LogP contribution in [0.5, 0.6) is 0 Å². The number of ether oxygens (including phenoxy) is 1. The molecule has 1 amide bonds. The zero-order valence-electron chi connectivity index (χ0n) is 11.8. The van der Waals surface area contributed by atoms with E-state index >= 15 is 0 Å². The molecule has 114 valence electrons. The van der Waals surface area contributed by atoms with E-state index in [1.807, 2.05) is 12.1 Å². The molecule has 1 heterocycles. The number of carbonyl (C=O) groups is 2. The number of carboxylic acid groups (broad SMARTS) is 1. The Morgan fingerprint density at radius 3 is 2.43 bits per heavy atom. The second kappa shape index (κ2) is 6.58. The second-order valence-electron chi connectivity index (χ2n) is 5.29. The van der Waals surface area contributed by atoms with Crippen LogP contribution in [0.1, 0.15) is 24.8 Å². The monoisotopic (exact) mass is 292 g/mol. The van der Waals surface area contributed by atoms with E-state index in [0.29, 0.717) is 38.2 Å². The molecule has 1 fully saturated rings. The first kappa shape index (κ1) is 15.3. The van der Waals surface area contributed by atoms with Crippen LogP contribution in [0.3, 0.4) is 0 Å². The van der Waals surface area contributed by atoms with Crippen LogP contribution >= 0.6 is 0 Å². The maximum Gasteiger partial charge on any atom is 0.329 e. The lowest BCUT2D eigenvalue weighted by atomic mass is 9.90. The van der Waals surface area contributed by atoms with Gasteiger partial charge in [0.15, 0.2) is 0 Å². The number of hydrogen-bond acceptors (Lipinski definition) is 4. The Morgan fingerprint density at radius 1 is 1.24 bits per heavy atom. The molecule has 0 atom stereocenters. The largest absolute Gasteiger partial charge is 0.480 e. The highest BCUT2D eigenvalue weighted by atomic mass is 16.5. The van der Waals surface area contributed by atoms with Crippen molar-refractivity contribution in [2.24, 2.45) is 0 Å². The highest BCUT2D eigenvalue weighted by molar-refractivity contribution is 5.87. The Bertz CT molecular complexity index is 507. The van der Waals surface area contributed by atoms with E-state index in [9.17, 15) is 14.7 Å². The van der Waals surface area contributed by atoms with Crippen molar-refractivity contribution in [1.82, 2.24) is 5.32 Å². The van der Waals surface area contributed by atoms with Crippen LogP contribution in [0.2, 0.25) is 0 Å². The fraction of sp³-hybridized carbons (Fsp3) is 0.467. The molecule has 0 aromatic heterocycles. The van der Waals surface area contributed by atoms with Gasteiger partial charge in [-0.15, -0.1) is 0 Å². The Kier molecular flexibility index (Phi) is 4.80. The number of nitrogens with two attached hydrogens (primary N) is 1. The van der Waals surface area contributed by atoms with Gasteiger partial charge in [-0.1, -0.05) is 12.1 Å². The summed E-state index contributed by atoms with van der Waals surface area (Å²) >= 11 is 0. The number of amides is 1. The first-order valence-electron chi connectivity index (χ1n) is 6.98. The van der Waals surface area contributed by atoms with Gasteiger partial charge >= 0.3 is 5.97 Å². The van der Waals surface area contributed by atoms with E-state index in [-0.39, 0.29) is 12.3 Å². The predicted octanol–water partition coefficient (Wildman–Crippen LogP) is 0.951. The van der Waals surface area contributed by atoms with Gasteiger partial charge in [0.2, 0.25) is 5.91 Å². The number of benzene rings is 1. The van der Waals surface area contributed by atoms with Crippen LogP contribution in [0.25, 0.3) is 0 Å². The SMILES string of the molecule is Nc1ccc(CCC(=O)NC2(C(=O)O)CCOCC2)cc1. The number of aliphatic carboxylic acids is 1. The van der Waals surface area contributed by atoms with Gasteiger partial charge in [-0.25, -0.2) is 4.79 Å². The summed E-state index contributed by atoms with van der Waals surface area (Å²) in [5.74, 6) is -1.25. The lowest BCUT2D eigenvalue weighted by Gasteiger charge is -2.33. The lowest BCUT2D eigenvalue weighted by molar-refractivity contribution is -0.152. The minimum absolute atomic E-state index is 0.250. The molecule has 0 saturated carbocycles. The molecule has 21 heavy (non-hydrogen) atoms. The first-order valence-corrected chi connectivity index (χ1v) is 6.98.